The molecule has 3 rings (SSSR count). The van der Waals surface area contributed by atoms with Crippen LogP contribution in [0.4, 0.5) is 0 Å². The van der Waals surface area contributed by atoms with E-state index in [4.69, 9.17) is 5.73 Å². The van der Waals surface area contributed by atoms with Crippen LogP contribution in [0.25, 0.3) is 0 Å². The molecule has 0 fully saturated rings. The van der Waals surface area contributed by atoms with Crippen molar-refractivity contribution in [2.45, 2.75) is 23.9 Å². The summed E-state index contributed by atoms with van der Waals surface area (Å²) >= 11 is 3.64. The second-order valence-electron chi connectivity index (χ2n) is 6.27. The van der Waals surface area contributed by atoms with Gasteiger partial charge in [-0.25, -0.2) is 0 Å². The lowest BCUT2D eigenvalue weighted by Gasteiger charge is -2.34. The second-order valence-corrected chi connectivity index (χ2v) is 8.15. The van der Waals surface area contributed by atoms with E-state index < -0.39 is 0 Å². The third-order valence-electron chi connectivity index (χ3n) is 4.64. The molecule has 0 saturated carbocycles. The highest BCUT2D eigenvalue weighted by molar-refractivity contribution is 7.98. The molecule has 0 spiro atoms. The Hall–Kier alpha value is -1.76. The summed E-state index contributed by atoms with van der Waals surface area (Å²) in [6.45, 7) is 7.00. The van der Waals surface area contributed by atoms with Gasteiger partial charge in [-0.2, -0.15) is 0 Å². The number of aliphatic imine (C=N–C) groups is 1. The Morgan fingerprint density at radius 2 is 2.23 bits per heavy atom. The summed E-state index contributed by atoms with van der Waals surface area (Å²) in [6.07, 6.45) is 5.00. The highest BCUT2D eigenvalue weighted by Gasteiger charge is 2.25. The summed E-state index contributed by atoms with van der Waals surface area (Å²) in [5.41, 5.74) is 8.74. The van der Waals surface area contributed by atoms with Gasteiger partial charge in [0, 0.05) is 29.4 Å². The molecule has 1 unspecified atom stereocenters. The topological polar surface area (TPSA) is 53.6 Å². The molecule has 138 valence electrons. The minimum atomic E-state index is 0.225. The van der Waals surface area contributed by atoms with Crippen LogP contribution in [-0.4, -0.2) is 36.7 Å². The van der Waals surface area contributed by atoms with E-state index in [1.54, 1.807) is 17.8 Å². The molecule has 1 aliphatic heterocycles. The molecule has 6 heteroatoms. The molecule has 26 heavy (non-hydrogen) atoms. The van der Waals surface area contributed by atoms with Gasteiger partial charge >= 0.3 is 0 Å². The Morgan fingerprint density at radius 3 is 2.96 bits per heavy atom. The summed E-state index contributed by atoms with van der Waals surface area (Å²) in [6, 6.07) is 11.3. The highest BCUT2D eigenvalue weighted by atomic mass is 32.2. The van der Waals surface area contributed by atoms with E-state index in [1.807, 2.05) is 11.3 Å². The quantitative estimate of drug-likeness (QED) is 0.330. The number of fused-ring (bicyclic) bond motifs is 1. The Morgan fingerprint density at radius 1 is 1.42 bits per heavy atom. The van der Waals surface area contributed by atoms with Crippen molar-refractivity contribution >= 4 is 29.1 Å². The smallest absolute Gasteiger partial charge is 0.188 e. The first-order valence-electron chi connectivity index (χ1n) is 8.79. The molecule has 1 aromatic heterocycles. The fraction of sp³-hybridized carbons (Fsp3) is 0.350. The van der Waals surface area contributed by atoms with Crippen molar-refractivity contribution in [3.05, 3.63) is 64.4 Å². The summed E-state index contributed by atoms with van der Waals surface area (Å²) in [7, 11) is 0. The van der Waals surface area contributed by atoms with Gasteiger partial charge in [0.05, 0.1) is 12.6 Å². The zero-order chi connectivity index (χ0) is 18.4. The summed E-state index contributed by atoms with van der Waals surface area (Å²) in [4.78, 5) is 9.91. The Labute approximate surface area is 164 Å². The van der Waals surface area contributed by atoms with Crippen molar-refractivity contribution in [1.82, 2.24) is 10.2 Å². The number of nitrogens with two attached hydrogens (primary N) is 1. The van der Waals surface area contributed by atoms with Gasteiger partial charge in [-0.1, -0.05) is 18.2 Å². The molecular formula is C20H26N4S2. The standard InChI is InChI=1S/C20H26N4S2/c1-3-10-22-20(21)23-13-18(15-4-6-17(25-2)7-5-15)24-11-8-19-16(14-24)9-12-26-19/h3-7,9,12,18H,1,8,10-11,13-14H2,2H3,(H3,21,22,23). The van der Waals surface area contributed by atoms with Gasteiger partial charge in [-0.15, -0.1) is 29.7 Å². The van der Waals surface area contributed by atoms with Crippen LogP contribution >= 0.6 is 23.1 Å². The summed E-state index contributed by atoms with van der Waals surface area (Å²) in [5.74, 6) is 0.476. The minimum Gasteiger partial charge on any atom is -0.370 e. The van der Waals surface area contributed by atoms with E-state index in [1.165, 1.54) is 20.9 Å². The number of guanidine groups is 1. The maximum Gasteiger partial charge on any atom is 0.188 e. The number of nitrogens with zero attached hydrogens (tertiary/aromatic N) is 2. The summed E-state index contributed by atoms with van der Waals surface area (Å²) in [5, 5.41) is 5.26. The zero-order valence-electron chi connectivity index (χ0n) is 15.1. The molecule has 2 heterocycles. The molecule has 0 saturated heterocycles. The molecule has 0 aliphatic carbocycles. The van der Waals surface area contributed by atoms with Gasteiger partial charge in [-0.05, 0) is 47.4 Å². The molecule has 1 atom stereocenters. The van der Waals surface area contributed by atoms with Crippen LogP contribution in [0.3, 0.4) is 0 Å². The molecule has 0 radical (unpaired) electrons. The molecule has 4 nitrogen and oxygen atoms in total. The van der Waals surface area contributed by atoms with Crippen LogP contribution in [-0.2, 0) is 13.0 Å². The zero-order valence-corrected chi connectivity index (χ0v) is 16.8. The Kier molecular flexibility index (Phi) is 6.77. The third-order valence-corrected chi connectivity index (χ3v) is 6.41. The van der Waals surface area contributed by atoms with Crippen molar-refractivity contribution in [3.8, 4) is 0 Å². The number of hydrogen-bond donors (Lipinski definition) is 2. The van der Waals surface area contributed by atoms with Gasteiger partial charge in [0.25, 0.3) is 0 Å². The molecule has 3 N–H and O–H groups in total. The van der Waals surface area contributed by atoms with Gasteiger partial charge < -0.3 is 11.1 Å². The van der Waals surface area contributed by atoms with Gasteiger partial charge in [0.15, 0.2) is 5.96 Å². The van der Waals surface area contributed by atoms with Gasteiger partial charge in [-0.3, -0.25) is 9.89 Å². The van der Waals surface area contributed by atoms with Crippen molar-refractivity contribution in [1.29, 1.82) is 0 Å². The number of thiophene rings is 1. The van der Waals surface area contributed by atoms with E-state index in [2.05, 4.69) is 63.8 Å². The van der Waals surface area contributed by atoms with Crippen LogP contribution in [0.5, 0.6) is 0 Å². The predicted octanol–water partition coefficient (Wildman–Crippen LogP) is 3.66. The van der Waals surface area contributed by atoms with E-state index in [-0.39, 0.29) is 6.04 Å². The van der Waals surface area contributed by atoms with E-state index in [0.29, 0.717) is 19.0 Å². The molecule has 1 aliphatic rings. The normalized spacial score (nSPS) is 16.1. The first kappa shape index (κ1) is 19.0. The highest BCUT2D eigenvalue weighted by Crippen LogP contribution is 2.31. The second kappa shape index (κ2) is 9.26. The average Bonchev–Trinajstić information content (AvgIpc) is 3.15. The van der Waals surface area contributed by atoms with Crippen molar-refractivity contribution < 1.29 is 0 Å². The van der Waals surface area contributed by atoms with Crippen molar-refractivity contribution in [2.75, 3.05) is 25.9 Å². The minimum absolute atomic E-state index is 0.225. The lowest BCUT2D eigenvalue weighted by molar-refractivity contribution is 0.185. The Balaban J connectivity index is 1.80. The molecule has 2 aromatic rings. The monoisotopic (exact) mass is 386 g/mol. The molecule has 0 amide bonds. The number of thioether (sulfide) groups is 1. The maximum absolute atomic E-state index is 5.99. The van der Waals surface area contributed by atoms with Crippen molar-refractivity contribution in [3.63, 3.8) is 0 Å². The fourth-order valence-electron chi connectivity index (χ4n) is 3.21. The van der Waals surface area contributed by atoms with Crippen LogP contribution in [0.15, 0.2) is 58.3 Å². The SMILES string of the molecule is C=CCNC(N)=NCC(c1ccc(SC)cc1)N1CCc2sccc2C1. The van der Waals surface area contributed by atoms with E-state index >= 15 is 0 Å². The number of nitrogens with one attached hydrogen (secondary N) is 1. The summed E-state index contributed by atoms with van der Waals surface area (Å²) < 4.78 is 0. The average molecular weight is 387 g/mol. The lowest BCUT2D eigenvalue weighted by atomic mass is 10.0. The predicted molar refractivity (Wildman–Crippen MR) is 114 cm³/mol. The van der Waals surface area contributed by atoms with Crippen LogP contribution in [0.1, 0.15) is 22.0 Å². The van der Waals surface area contributed by atoms with Gasteiger partial charge in [0.1, 0.15) is 0 Å². The number of benzene rings is 1. The lowest BCUT2D eigenvalue weighted by Crippen LogP contribution is -2.37. The van der Waals surface area contributed by atoms with Gasteiger partial charge in [0.2, 0.25) is 0 Å². The van der Waals surface area contributed by atoms with Crippen LogP contribution in [0.2, 0.25) is 0 Å². The molecule has 0 bridgehead atoms. The first-order valence-corrected chi connectivity index (χ1v) is 10.9. The Bertz CT molecular complexity index is 751. The van der Waals surface area contributed by atoms with E-state index in [0.717, 1.165) is 19.5 Å². The van der Waals surface area contributed by atoms with Crippen LogP contribution in [0, 0.1) is 0 Å². The third kappa shape index (κ3) is 4.69. The maximum atomic E-state index is 5.99. The number of rotatable bonds is 7. The largest absolute Gasteiger partial charge is 0.370 e. The first-order chi connectivity index (χ1) is 12.7. The fourth-order valence-corrected chi connectivity index (χ4v) is 4.51. The number of hydrogen-bond acceptors (Lipinski definition) is 4. The molecule has 1 aromatic carbocycles. The van der Waals surface area contributed by atoms with Crippen molar-refractivity contribution in [2.24, 2.45) is 10.7 Å². The van der Waals surface area contributed by atoms with E-state index in [9.17, 15) is 0 Å². The molecular weight excluding hydrogens is 360 g/mol. The van der Waals surface area contributed by atoms with Crippen LogP contribution < -0.4 is 11.1 Å².